The van der Waals surface area contributed by atoms with Gasteiger partial charge in [-0.2, -0.15) is 0 Å². The van der Waals surface area contributed by atoms with Gasteiger partial charge in [-0.15, -0.1) is 0 Å². The molecule has 0 spiro atoms. The summed E-state index contributed by atoms with van der Waals surface area (Å²) in [6.07, 6.45) is 1.24. The summed E-state index contributed by atoms with van der Waals surface area (Å²) in [4.78, 5) is 22.4. The van der Waals surface area contributed by atoms with Crippen molar-refractivity contribution in [3.05, 3.63) is 57.6 Å². The number of methoxy groups -OCH3 is 1. The maximum atomic E-state index is 11.6. The number of nitrogens with zero attached hydrogens (tertiary/aromatic N) is 1. The van der Waals surface area contributed by atoms with E-state index in [1.807, 2.05) is 0 Å². The molecule has 0 saturated heterocycles. The average Bonchev–Trinajstić information content (AvgIpc) is 3.06. The van der Waals surface area contributed by atoms with Gasteiger partial charge in [0.15, 0.2) is 11.5 Å². The van der Waals surface area contributed by atoms with Gasteiger partial charge in [0.2, 0.25) is 6.79 Å². The van der Waals surface area contributed by atoms with Gasteiger partial charge < -0.3 is 19.3 Å². The Balaban J connectivity index is 2.11. The van der Waals surface area contributed by atoms with E-state index in [1.165, 1.54) is 25.3 Å². The molecule has 1 heterocycles. The lowest BCUT2D eigenvalue weighted by Gasteiger charge is -2.06. The van der Waals surface area contributed by atoms with E-state index in [2.05, 4.69) is 0 Å². The monoisotopic (exact) mass is 343 g/mol. The van der Waals surface area contributed by atoms with E-state index >= 15 is 0 Å². The third kappa shape index (κ3) is 3.23. The van der Waals surface area contributed by atoms with E-state index in [4.69, 9.17) is 14.2 Å². The first-order valence-corrected chi connectivity index (χ1v) is 7.17. The molecule has 2 aromatic carbocycles. The number of fused-ring (bicyclic) bond motifs is 1. The number of carboxylic acid groups (broad SMARTS) is 1. The summed E-state index contributed by atoms with van der Waals surface area (Å²) in [7, 11) is 1.50. The Morgan fingerprint density at radius 3 is 2.44 bits per heavy atom. The van der Waals surface area contributed by atoms with Crippen molar-refractivity contribution in [2.24, 2.45) is 0 Å². The third-order valence-corrected chi connectivity index (χ3v) is 3.65. The normalized spacial score (nSPS) is 12.8. The van der Waals surface area contributed by atoms with Gasteiger partial charge in [0.05, 0.1) is 29.2 Å². The number of nitro groups is 1. The first kappa shape index (κ1) is 16.3. The number of hydrogen-bond donors (Lipinski definition) is 1. The number of benzene rings is 2. The second kappa shape index (κ2) is 6.52. The molecule has 8 nitrogen and oxygen atoms in total. The van der Waals surface area contributed by atoms with Crippen molar-refractivity contribution in [2.75, 3.05) is 13.9 Å². The summed E-state index contributed by atoms with van der Waals surface area (Å²) in [5.74, 6) is -0.0545. The van der Waals surface area contributed by atoms with Crippen LogP contribution in [0.1, 0.15) is 11.1 Å². The molecule has 0 bridgehead atoms. The van der Waals surface area contributed by atoms with Gasteiger partial charge in [-0.25, -0.2) is 4.79 Å². The van der Waals surface area contributed by atoms with Crippen LogP contribution in [0.15, 0.2) is 36.4 Å². The first-order valence-electron chi connectivity index (χ1n) is 7.17. The van der Waals surface area contributed by atoms with Crippen LogP contribution in [0.25, 0.3) is 11.6 Å². The SMILES string of the molecule is COc1ccc(/C(=C\c2cc3c(cc2[N+](=O)[O-])OCO3)C(=O)O)cc1. The van der Waals surface area contributed by atoms with Gasteiger partial charge in [0, 0.05) is 0 Å². The summed E-state index contributed by atoms with van der Waals surface area (Å²) >= 11 is 0. The number of nitro benzene ring substituents is 1. The largest absolute Gasteiger partial charge is 0.497 e. The minimum absolute atomic E-state index is 0.0378. The molecular formula is C17H13NO7. The van der Waals surface area contributed by atoms with Crippen molar-refractivity contribution in [3.8, 4) is 17.2 Å². The highest BCUT2D eigenvalue weighted by molar-refractivity contribution is 6.21. The lowest BCUT2D eigenvalue weighted by Crippen LogP contribution is -2.01. The smallest absolute Gasteiger partial charge is 0.336 e. The Kier molecular flexibility index (Phi) is 4.25. The standard InChI is InChI=1S/C17H13NO7/c1-23-12-4-2-10(3-5-12)13(17(19)20)6-11-7-15-16(25-9-24-15)8-14(11)18(21)22/h2-8H,9H2,1H3,(H,19,20)/b13-6+. The van der Waals surface area contributed by atoms with Gasteiger partial charge in [0.25, 0.3) is 5.69 Å². The number of rotatable bonds is 5. The second-order valence-electron chi connectivity index (χ2n) is 5.11. The Labute approximate surface area is 142 Å². The summed E-state index contributed by atoms with van der Waals surface area (Å²) < 4.78 is 15.4. The fourth-order valence-corrected chi connectivity index (χ4v) is 2.42. The number of hydrogen-bond acceptors (Lipinski definition) is 6. The number of carbonyl (C=O) groups is 1. The highest BCUT2D eigenvalue weighted by Gasteiger charge is 2.23. The van der Waals surface area contributed by atoms with Crippen LogP contribution in [0, 0.1) is 10.1 Å². The van der Waals surface area contributed by atoms with E-state index in [0.29, 0.717) is 17.1 Å². The van der Waals surface area contributed by atoms with E-state index in [-0.39, 0.29) is 29.4 Å². The second-order valence-corrected chi connectivity index (χ2v) is 5.11. The molecule has 8 heteroatoms. The zero-order valence-corrected chi connectivity index (χ0v) is 13.1. The van der Waals surface area contributed by atoms with Crippen molar-refractivity contribution < 1.29 is 29.0 Å². The van der Waals surface area contributed by atoms with Gasteiger partial charge >= 0.3 is 5.97 Å². The highest BCUT2D eigenvalue weighted by atomic mass is 16.7. The van der Waals surface area contributed by atoms with Crippen molar-refractivity contribution in [2.45, 2.75) is 0 Å². The van der Waals surface area contributed by atoms with Crippen LogP contribution in [0.5, 0.6) is 17.2 Å². The lowest BCUT2D eigenvalue weighted by molar-refractivity contribution is -0.385. The van der Waals surface area contributed by atoms with Crippen molar-refractivity contribution in [3.63, 3.8) is 0 Å². The summed E-state index contributed by atoms with van der Waals surface area (Å²) in [5, 5.41) is 20.8. The Bertz CT molecular complexity index is 871. The molecule has 0 atom stereocenters. The molecule has 128 valence electrons. The van der Waals surface area contributed by atoms with Gasteiger partial charge in [-0.05, 0) is 29.8 Å². The van der Waals surface area contributed by atoms with Crippen LogP contribution < -0.4 is 14.2 Å². The zero-order valence-electron chi connectivity index (χ0n) is 13.1. The van der Waals surface area contributed by atoms with E-state index in [1.54, 1.807) is 24.3 Å². The predicted octanol–water partition coefficient (Wildman–Crippen LogP) is 2.96. The van der Waals surface area contributed by atoms with Crippen molar-refractivity contribution in [1.82, 2.24) is 0 Å². The molecule has 0 fully saturated rings. The average molecular weight is 343 g/mol. The van der Waals surface area contributed by atoms with Gasteiger partial charge in [-0.1, -0.05) is 12.1 Å². The fourth-order valence-electron chi connectivity index (χ4n) is 2.42. The minimum atomic E-state index is -1.21. The van der Waals surface area contributed by atoms with Crippen LogP contribution in [-0.2, 0) is 4.79 Å². The molecule has 0 aliphatic carbocycles. The molecule has 1 aliphatic rings. The predicted molar refractivity (Wildman–Crippen MR) is 87.7 cm³/mol. The molecule has 1 aliphatic heterocycles. The van der Waals surface area contributed by atoms with Crippen molar-refractivity contribution >= 4 is 23.3 Å². The molecule has 0 radical (unpaired) electrons. The first-order chi connectivity index (χ1) is 12.0. The highest BCUT2D eigenvalue weighted by Crippen LogP contribution is 2.39. The molecule has 0 aromatic heterocycles. The molecule has 3 rings (SSSR count). The van der Waals surface area contributed by atoms with Crippen molar-refractivity contribution in [1.29, 1.82) is 0 Å². The van der Waals surface area contributed by atoms with Crippen LogP contribution in [0.2, 0.25) is 0 Å². The molecule has 25 heavy (non-hydrogen) atoms. The third-order valence-electron chi connectivity index (χ3n) is 3.65. The molecule has 2 aromatic rings. The molecule has 1 N–H and O–H groups in total. The number of carboxylic acids is 1. The summed E-state index contributed by atoms with van der Waals surface area (Å²) in [5.41, 5.74) is 0.142. The number of aliphatic carboxylic acids is 1. The minimum Gasteiger partial charge on any atom is -0.497 e. The topological polar surface area (TPSA) is 108 Å². The lowest BCUT2D eigenvalue weighted by atomic mass is 10.0. The van der Waals surface area contributed by atoms with Crippen LogP contribution in [0.3, 0.4) is 0 Å². The van der Waals surface area contributed by atoms with Gasteiger partial charge in [-0.3, -0.25) is 10.1 Å². The fraction of sp³-hybridized carbons (Fsp3) is 0.118. The Morgan fingerprint density at radius 2 is 1.88 bits per heavy atom. The quantitative estimate of drug-likeness (QED) is 0.385. The van der Waals surface area contributed by atoms with Crippen LogP contribution in [-0.4, -0.2) is 29.9 Å². The maximum Gasteiger partial charge on any atom is 0.336 e. The molecule has 0 saturated carbocycles. The maximum absolute atomic E-state index is 11.6. The van der Waals surface area contributed by atoms with E-state index in [9.17, 15) is 20.0 Å². The number of ether oxygens (including phenoxy) is 3. The Hall–Kier alpha value is -3.55. The summed E-state index contributed by atoms with van der Waals surface area (Å²) in [6, 6.07) is 8.98. The molecule has 0 amide bonds. The molecular weight excluding hydrogens is 330 g/mol. The zero-order chi connectivity index (χ0) is 18.0. The van der Waals surface area contributed by atoms with Gasteiger partial charge in [0.1, 0.15) is 5.75 Å². The Morgan fingerprint density at radius 1 is 1.24 bits per heavy atom. The van der Waals surface area contributed by atoms with E-state index in [0.717, 1.165) is 0 Å². The van der Waals surface area contributed by atoms with Crippen LogP contribution >= 0.6 is 0 Å². The van der Waals surface area contributed by atoms with E-state index < -0.39 is 10.9 Å². The summed E-state index contributed by atoms with van der Waals surface area (Å²) in [6.45, 7) is -0.0378. The molecule has 0 unspecified atom stereocenters. The van der Waals surface area contributed by atoms with Crippen LogP contribution in [0.4, 0.5) is 5.69 Å².